The highest BCUT2D eigenvalue weighted by molar-refractivity contribution is 14.0. The van der Waals surface area contributed by atoms with Gasteiger partial charge in [0.15, 0.2) is 17.5 Å². The van der Waals surface area contributed by atoms with Crippen LogP contribution < -0.4 is 15.0 Å². The van der Waals surface area contributed by atoms with Crippen LogP contribution >= 0.6 is 24.0 Å². The number of hydrogen-bond acceptors (Lipinski definition) is 4. The monoisotopic (exact) mass is 544 g/mol. The molecule has 0 aliphatic carbocycles. The number of aryl methyl sites for hydroxylation is 1. The van der Waals surface area contributed by atoms with Gasteiger partial charge in [0, 0.05) is 32.9 Å². The van der Waals surface area contributed by atoms with E-state index in [0.717, 1.165) is 5.69 Å². The molecule has 1 atom stereocenters. The van der Waals surface area contributed by atoms with Crippen molar-refractivity contribution in [1.29, 1.82) is 0 Å². The Morgan fingerprint density at radius 1 is 1.32 bits per heavy atom. The number of anilines is 1. The number of para-hydroxylation sites is 1. The molecule has 1 saturated heterocycles. The molecule has 8 nitrogen and oxygen atoms in total. The summed E-state index contributed by atoms with van der Waals surface area (Å²) in [6.45, 7) is 6.44. The van der Waals surface area contributed by atoms with E-state index in [1.165, 1.54) is 6.07 Å². The third-order valence-electron chi connectivity index (χ3n) is 4.89. The van der Waals surface area contributed by atoms with Gasteiger partial charge in [0.05, 0.1) is 18.4 Å². The molecular formula is C21H30FIN6O2. The van der Waals surface area contributed by atoms with Crippen LogP contribution in [0.5, 0.6) is 5.75 Å². The van der Waals surface area contributed by atoms with Gasteiger partial charge < -0.3 is 19.9 Å². The molecule has 0 spiro atoms. The van der Waals surface area contributed by atoms with Crippen molar-refractivity contribution >= 4 is 41.5 Å². The minimum absolute atomic E-state index is 0. The lowest BCUT2D eigenvalue weighted by molar-refractivity contribution is -0.120. The van der Waals surface area contributed by atoms with Crippen molar-refractivity contribution in [3.8, 4) is 5.75 Å². The van der Waals surface area contributed by atoms with Gasteiger partial charge in [0.25, 0.3) is 0 Å². The van der Waals surface area contributed by atoms with Crippen LogP contribution in [-0.2, 0) is 11.8 Å². The average molecular weight is 544 g/mol. The first-order valence-electron chi connectivity index (χ1n) is 10.2. The molecule has 1 amide bonds. The van der Waals surface area contributed by atoms with Gasteiger partial charge in [0.2, 0.25) is 5.91 Å². The summed E-state index contributed by atoms with van der Waals surface area (Å²) < 4.78 is 21.4. The van der Waals surface area contributed by atoms with Crippen molar-refractivity contribution < 1.29 is 13.9 Å². The largest absolute Gasteiger partial charge is 0.485 e. The van der Waals surface area contributed by atoms with E-state index < -0.39 is 0 Å². The lowest BCUT2D eigenvalue weighted by Crippen LogP contribution is -2.55. The Hall–Kier alpha value is -2.37. The molecule has 0 saturated carbocycles. The molecular weight excluding hydrogens is 514 g/mol. The molecule has 2 aromatic rings. The quantitative estimate of drug-likeness (QED) is 0.330. The Morgan fingerprint density at radius 3 is 2.71 bits per heavy atom. The number of carbonyl (C=O) groups excluding carboxylic acids is 1. The van der Waals surface area contributed by atoms with Gasteiger partial charge in [-0.15, -0.1) is 24.0 Å². The van der Waals surface area contributed by atoms with Crippen molar-refractivity contribution in [3.05, 3.63) is 42.5 Å². The lowest BCUT2D eigenvalue weighted by Gasteiger charge is -2.35. The highest BCUT2D eigenvalue weighted by atomic mass is 127. The molecule has 1 fully saturated rings. The van der Waals surface area contributed by atoms with E-state index in [9.17, 15) is 9.18 Å². The zero-order chi connectivity index (χ0) is 21.5. The number of aromatic nitrogens is 2. The van der Waals surface area contributed by atoms with Crippen molar-refractivity contribution in [2.45, 2.75) is 26.4 Å². The summed E-state index contributed by atoms with van der Waals surface area (Å²) in [5, 5.41) is 7.39. The van der Waals surface area contributed by atoms with E-state index in [1.807, 2.05) is 32.0 Å². The number of carbonyl (C=O) groups is 1. The van der Waals surface area contributed by atoms with Gasteiger partial charge >= 0.3 is 0 Å². The predicted molar refractivity (Wildman–Crippen MR) is 130 cm³/mol. The summed E-state index contributed by atoms with van der Waals surface area (Å²) in [5.74, 6) is 0.496. The van der Waals surface area contributed by atoms with E-state index >= 15 is 0 Å². The fourth-order valence-electron chi connectivity index (χ4n) is 3.26. The molecule has 3 rings (SSSR count). The second kappa shape index (κ2) is 11.9. The molecule has 2 heterocycles. The third kappa shape index (κ3) is 6.55. The van der Waals surface area contributed by atoms with Crippen LogP contribution in [0.2, 0.25) is 0 Å². The van der Waals surface area contributed by atoms with Gasteiger partial charge in [-0.2, -0.15) is 5.10 Å². The van der Waals surface area contributed by atoms with Crippen LogP contribution in [0.1, 0.15) is 20.3 Å². The summed E-state index contributed by atoms with van der Waals surface area (Å²) in [5.41, 5.74) is 0.799. The average Bonchev–Trinajstić information content (AvgIpc) is 3.17. The number of ether oxygens (including phenoxy) is 1. The maximum Gasteiger partial charge on any atom is 0.246 e. The number of nitrogens with one attached hydrogen (secondary N) is 1. The first-order chi connectivity index (χ1) is 14.5. The summed E-state index contributed by atoms with van der Waals surface area (Å²) >= 11 is 0. The van der Waals surface area contributed by atoms with Gasteiger partial charge in [-0.3, -0.25) is 9.48 Å². The summed E-state index contributed by atoms with van der Waals surface area (Å²) in [6, 6.07) is 6.37. The van der Waals surface area contributed by atoms with Crippen LogP contribution in [0, 0.1) is 5.82 Å². The second-order valence-corrected chi connectivity index (χ2v) is 7.11. The number of hydrogen-bond donors (Lipinski definition) is 1. The number of rotatable bonds is 7. The summed E-state index contributed by atoms with van der Waals surface area (Å²) in [6.07, 6.45) is 3.95. The first-order valence-corrected chi connectivity index (χ1v) is 10.2. The maximum atomic E-state index is 13.9. The number of halogens is 2. The zero-order valence-electron chi connectivity index (χ0n) is 18.1. The summed E-state index contributed by atoms with van der Waals surface area (Å²) in [7, 11) is 1.83. The molecule has 1 N–H and O–H groups in total. The van der Waals surface area contributed by atoms with Crippen molar-refractivity contribution in [2.75, 3.05) is 37.6 Å². The Bertz CT molecular complexity index is 890. The minimum atomic E-state index is -0.385. The molecule has 10 heteroatoms. The van der Waals surface area contributed by atoms with Crippen molar-refractivity contribution in [3.63, 3.8) is 0 Å². The smallest absolute Gasteiger partial charge is 0.246 e. The Labute approximate surface area is 199 Å². The topological polar surface area (TPSA) is 75.0 Å². The number of guanidine groups is 1. The van der Waals surface area contributed by atoms with Gasteiger partial charge in [-0.1, -0.05) is 19.1 Å². The lowest BCUT2D eigenvalue weighted by atomic mass is 10.2. The zero-order valence-corrected chi connectivity index (χ0v) is 20.5. The third-order valence-corrected chi connectivity index (χ3v) is 4.89. The summed E-state index contributed by atoms with van der Waals surface area (Å²) in [4.78, 5) is 21.0. The minimum Gasteiger partial charge on any atom is -0.485 e. The number of benzene rings is 1. The van der Waals surface area contributed by atoms with E-state index in [1.54, 1.807) is 34.0 Å². The molecule has 1 unspecified atom stereocenters. The first kappa shape index (κ1) is 24.9. The van der Waals surface area contributed by atoms with Crippen LogP contribution in [0.15, 0.2) is 41.7 Å². The van der Waals surface area contributed by atoms with E-state index in [0.29, 0.717) is 38.6 Å². The molecule has 1 aromatic heterocycles. The SMILES string of the molecule is CCNC(=NCC(CC)Oc1ccccc1F)N1CCN(c2cnn(C)c2)C(=O)C1.I. The second-order valence-electron chi connectivity index (χ2n) is 7.11. The standard InChI is InChI=1S/C21H29FN6O2.HI/c1-4-17(30-19-9-7-6-8-18(19)22)13-24-21(23-5-2)27-10-11-28(20(29)15-27)16-12-25-26(3)14-16;/h6-9,12,14,17H,4-5,10-11,13,15H2,1-3H3,(H,23,24);1H. The number of amides is 1. The van der Waals surface area contributed by atoms with Crippen LogP contribution in [0.25, 0.3) is 0 Å². The molecule has 1 aliphatic heterocycles. The van der Waals surface area contributed by atoms with Crippen molar-refractivity contribution in [1.82, 2.24) is 20.0 Å². The Kier molecular flexibility index (Phi) is 9.53. The Morgan fingerprint density at radius 2 is 2.10 bits per heavy atom. The van der Waals surface area contributed by atoms with E-state index in [2.05, 4.69) is 15.4 Å². The van der Waals surface area contributed by atoms with Crippen molar-refractivity contribution in [2.24, 2.45) is 12.0 Å². The Balaban J connectivity index is 0.00000341. The van der Waals surface area contributed by atoms with Crippen LogP contribution in [0.3, 0.4) is 0 Å². The molecule has 1 aromatic carbocycles. The van der Waals surface area contributed by atoms with E-state index in [-0.39, 0.29) is 54.1 Å². The molecule has 1 aliphatic rings. The highest BCUT2D eigenvalue weighted by Gasteiger charge is 2.27. The van der Waals surface area contributed by atoms with Gasteiger partial charge in [-0.25, -0.2) is 9.38 Å². The highest BCUT2D eigenvalue weighted by Crippen LogP contribution is 2.19. The predicted octanol–water partition coefficient (Wildman–Crippen LogP) is 2.65. The maximum absolute atomic E-state index is 13.9. The molecule has 0 radical (unpaired) electrons. The number of aliphatic imine (C=N–C) groups is 1. The molecule has 0 bridgehead atoms. The normalized spacial score (nSPS) is 15.5. The molecule has 170 valence electrons. The van der Waals surface area contributed by atoms with E-state index in [4.69, 9.17) is 4.74 Å². The number of nitrogens with zero attached hydrogens (tertiary/aromatic N) is 5. The van der Waals surface area contributed by atoms with Crippen LogP contribution in [-0.4, -0.2) is 65.4 Å². The fourth-order valence-corrected chi connectivity index (χ4v) is 3.26. The molecule has 31 heavy (non-hydrogen) atoms. The van der Waals surface area contributed by atoms with Crippen LogP contribution in [0.4, 0.5) is 10.1 Å². The fraction of sp³-hybridized carbons (Fsp3) is 0.476. The number of piperazine rings is 1. The van der Waals surface area contributed by atoms with Gasteiger partial charge in [0.1, 0.15) is 12.6 Å². The van der Waals surface area contributed by atoms with Gasteiger partial charge in [-0.05, 0) is 25.5 Å².